The number of rotatable bonds is 7. The van der Waals surface area contributed by atoms with Gasteiger partial charge in [-0.25, -0.2) is 4.79 Å². The molecule has 1 aliphatic heterocycles. The third kappa shape index (κ3) is 4.58. The summed E-state index contributed by atoms with van der Waals surface area (Å²) in [6, 6.07) is 1.73. The molecule has 0 spiro atoms. The van der Waals surface area contributed by atoms with Crippen LogP contribution in [0.2, 0.25) is 0 Å². The highest BCUT2D eigenvalue weighted by Crippen LogP contribution is 2.46. The lowest BCUT2D eigenvalue weighted by molar-refractivity contribution is -0.131. The SMILES string of the molecule is COc1cc(OCC=C(C)C)c(C=CC(=O)O)c2c1CC(C(C)(C)O)O2. The van der Waals surface area contributed by atoms with Crippen LogP contribution in [0.15, 0.2) is 23.8 Å². The summed E-state index contributed by atoms with van der Waals surface area (Å²) in [4.78, 5) is 11.0. The molecule has 1 aromatic rings. The first-order valence-corrected chi connectivity index (χ1v) is 8.43. The largest absolute Gasteiger partial charge is 0.496 e. The van der Waals surface area contributed by atoms with Crippen LogP contribution in [0.25, 0.3) is 6.08 Å². The molecule has 0 amide bonds. The molecule has 6 nitrogen and oxygen atoms in total. The van der Waals surface area contributed by atoms with Crippen LogP contribution in [0.1, 0.15) is 38.8 Å². The van der Waals surface area contributed by atoms with Gasteiger partial charge in [0.25, 0.3) is 0 Å². The molecule has 0 aliphatic carbocycles. The Hall–Kier alpha value is -2.47. The van der Waals surface area contributed by atoms with Crippen molar-refractivity contribution in [3.63, 3.8) is 0 Å². The maximum Gasteiger partial charge on any atom is 0.328 e. The molecule has 0 aromatic heterocycles. The minimum Gasteiger partial charge on any atom is -0.496 e. The number of aliphatic hydroxyl groups is 1. The maximum atomic E-state index is 11.0. The van der Waals surface area contributed by atoms with E-state index < -0.39 is 17.7 Å². The van der Waals surface area contributed by atoms with Gasteiger partial charge in [0.05, 0.1) is 18.3 Å². The van der Waals surface area contributed by atoms with Crippen molar-refractivity contribution in [2.75, 3.05) is 13.7 Å². The fraction of sp³-hybridized carbons (Fsp3) is 0.450. The summed E-state index contributed by atoms with van der Waals surface area (Å²) in [7, 11) is 1.56. The highest BCUT2D eigenvalue weighted by Gasteiger charge is 2.38. The summed E-state index contributed by atoms with van der Waals surface area (Å²) in [5.74, 6) is 0.474. The van der Waals surface area contributed by atoms with Gasteiger partial charge in [-0.05, 0) is 39.8 Å². The Balaban J connectivity index is 2.52. The molecule has 1 atom stereocenters. The number of allylic oxidation sites excluding steroid dienone is 1. The monoisotopic (exact) mass is 362 g/mol. The lowest BCUT2D eigenvalue weighted by Gasteiger charge is -2.24. The second-order valence-corrected chi connectivity index (χ2v) is 7.03. The van der Waals surface area contributed by atoms with E-state index in [4.69, 9.17) is 19.3 Å². The van der Waals surface area contributed by atoms with Crippen LogP contribution >= 0.6 is 0 Å². The van der Waals surface area contributed by atoms with Crippen LogP contribution < -0.4 is 14.2 Å². The van der Waals surface area contributed by atoms with Gasteiger partial charge in [-0.15, -0.1) is 0 Å². The summed E-state index contributed by atoms with van der Waals surface area (Å²) in [6.45, 7) is 7.63. The average Bonchev–Trinajstić information content (AvgIpc) is 2.97. The minimum absolute atomic E-state index is 0.340. The van der Waals surface area contributed by atoms with Crippen molar-refractivity contribution in [2.45, 2.75) is 45.8 Å². The predicted octanol–water partition coefficient (Wildman–Crippen LogP) is 3.21. The van der Waals surface area contributed by atoms with Crippen LogP contribution in [0.4, 0.5) is 0 Å². The summed E-state index contributed by atoms with van der Waals surface area (Å²) in [5.41, 5.74) is 1.37. The van der Waals surface area contributed by atoms with E-state index in [-0.39, 0.29) is 0 Å². The number of hydrogen-bond donors (Lipinski definition) is 2. The molecule has 1 heterocycles. The number of aliphatic carboxylic acids is 1. The molecule has 6 heteroatoms. The third-order valence-electron chi connectivity index (χ3n) is 4.12. The van der Waals surface area contributed by atoms with Crippen molar-refractivity contribution < 1.29 is 29.2 Å². The molecule has 0 radical (unpaired) electrons. The van der Waals surface area contributed by atoms with Gasteiger partial charge in [-0.3, -0.25) is 0 Å². The van der Waals surface area contributed by atoms with Crippen molar-refractivity contribution >= 4 is 12.0 Å². The standard InChI is InChI=1S/C20H26O6/c1-12(2)8-9-25-16-11-15(24-5)14-10-17(20(3,4)23)26-19(14)13(16)6-7-18(21)22/h6-8,11,17,23H,9-10H2,1-5H3,(H,21,22). The van der Waals surface area contributed by atoms with E-state index >= 15 is 0 Å². The fourth-order valence-corrected chi connectivity index (χ4v) is 2.67. The van der Waals surface area contributed by atoms with Crippen LogP contribution in [0.5, 0.6) is 17.2 Å². The van der Waals surface area contributed by atoms with Crippen LogP contribution in [0, 0.1) is 0 Å². The van der Waals surface area contributed by atoms with Gasteiger partial charge in [0.15, 0.2) is 0 Å². The molecule has 2 rings (SSSR count). The Kier molecular flexibility index (Phi) is 5.97. The second kappa shape index (κ2) is 7.83. The molecule has 0 saturated carbocycles. The number of benzene rings is 1. The first kappa shape index (κ1) is 19.8. The fourth-order valence-electron chi connectivity index (χ4n) is 2.67. The zero-order valence-corrected chi connectivity index (χ0v) is 15.8. The number of fused-ring (bicyclic) bond motifs is 1. The Bertz CT molecular complexity index is 736. The van der Waals surface area contributed by atoms with E-state index in [9.17, 15) is 9.90 Å². The van der Waals surface area contributed by atoms with Gasteiger partial charge < -0.3 is 24.4 Å². The van der Waals surface area contributed by atoms with Gasteiger partial charge in [-0.1, -0.05) is 5.57 Å². The summed E-state index contributed by atoms with van der Waals surface area (Å²) in [6.07, 6.45) is 4.41. The Labute approximate surface area is 153 Å². The van der Waals surface area contributed by atoms with E-state index in [0.29, 0.717) is 35.8 Å². The number of ether oxygens (including phenoxy) is 3. The Morgan fingerprint density at radius 1 is 1.38 bits per heavy atom. The molecule has 1 unspecified atom stereocenters. The molecule has 0 bridgehead atoms. The summed E-state index contributed by atoms with van der Waals surface area (Å²) < 4.78 is 17.3. The summed E-state index contributed by atoms with van der Waals surface area (Å²) >= 11 is 0. The first-order chi connectivity index (χ1) is 12.1. The smallest absolute Gasteiger partial charge is 0.328 e. The van der Waals surface area contributed by atoms with E-state index in [1.165, 1.54) is 6.08 Å². The quantitative estimate of drug-likeness (QED) is 0.572. The van der Waals surface area contributed by atoms with Crippen LogP contribution in [-0.2, 0) is 11.2 Å². The minimum atomic E-state index is -1.07. The molecule has 26 heavy (non-hydrogen) atoms. The molecule has 0 fully saturated rings. The molecule has 1 aliphatic rings. The van der Waals surface area contributed by atoms with Gasteiger partial charge in [0.2, 0.25) is 0 Å². The van der Waals surface area contributed by atoms with E-state index in [1.54, 1.807) is 27.0 Å². The second-order valence-electron chi connectivity index (χ2n) is 7.03. The van der Waals surface area contributed by atoms with Gasteiger partial charge in [0.1, 0.15) is 30.0 Å². The zero-order valence-electron chi connectivity index (χ0n) is 15.8. The van der Waals surface area contributed by atoms with Gasteiger partial charge in [0, 0.05) is 24.1 Å². The highest BCUT2D eigenvalue weighted by atomic mass is 16.5. The van der Waals surface area contributed by atoms with E-state index in [2.05, 4.69) is 0 Å². The topological polar surface area (TPSA) is 85.2 Å². The lowest BCUT2D eigenvalue weighted by Crippen LogP contribution is -2.39. The molecular formula is C20H26O6. The van der Waals surface area contributed by atoms with Crippen molar-refractivity contribution in [1.29, 1.82) is 0 Å². The van der Waals surface area contributed by atoms with Crippen molar-refractivity contribution in [2.24, 2.45) is 0 Å². The van der Waals surface area contributed by atoms with E-state index in [1.807, 2.05) is 19.9 Å². The van der Waals surface area contributed by atoms with Crippen LogP contribution in [-0.4, -0.2) is 41.6 Å². The molecular weight excluding hydrogens is 336 g/mol. The molecule has 2 N–H and O–H groups in total. The normalized spacial score (nSPS) is 16.2. The number of carboxylic acid groups (broad SMARTS) is 1. The third-order valence-corrected chi connectivity index (χ3v) is 4.12. The number of hydrogen-bond acceptors (Lipinski definition) is 5. The van der Waals surface area contributed by atoms with Gasteiger partial charge >= 0.3 is 5.97 Å². The predicted molar refractivity (Wildman–Crippen MR) is 99.0 cm³/mol. The highest BCUT2D eigenvalue weighted by molar-refractivity contribution is 5.87. The molecule has 1 aromatic carbocycles. The Morgan fingerprint density at radius 2 is 2.08 bits per heavy atom. The van der Waals surface area contributed by atoms with Crippen molar-refractivity contribution in [3.8, 4) is 17.2 Å². The molecule has 0 saturated heterocycles. The van der Waals surface area contributed by atoms with Crippen molar-refractivity contribution in [3.05, 3.63) is 34.9 Å². The lowest BCUT2D eigenvalue weighted by atomic mass is 9.96. The number of methoxy groups -OCH3 is 1. The summed E-state index contributed by atoms with van der Waals surface area (Å²) in [5, 5.41) is 19.3. The maximum absolute atomic E-state index is 11.0. The van der Waals surface area contributed by atoms with E-state index in [0.717, 1.165) is 17.2 Å². The average molecular weight is 362 g/mol. The number of carbonyl (C=O) groups is 1. The number of carboxylic acids is 1. The zero-order chi connectivity index (χ0) is 19.5. The van der Waals surface area contributed by atoms with Crippen molar-refractivity contribution in [1.82, 2.24) is 0 Å². The van der Waals surface area contributed by atoms with Crippen LogP contribution in [0.3, 0.4) is 0 Å². The molecule has 142 valence electrons. The Morgan fingerprint density at radius 3 is 2.62 bits per heavy atom. The first-order valence-electron chi connectivity index (χ1n) is 8.43. The van der Waals surface area contributed by atoms with Gasteiger partial charge in [-0.2, -0.15) is 0 Å².